The van der Waals surface area contributed by atoms with Gasteiger partial charge >= 0.3 is 0 Å². The zero-order chi connectivity index (χ0) is 9.14. The molecule has 5 heteroatoms. The van der Waals surface area contributed by atoms with Crippen molar-refractivity contribution in [2.24, 2.45) is 5.84 Å². The Balaban J connectivity index is 2.84. The first-order chi connectivity index (χ1) is 5.65. The van der Waals surface area contributed by atoms with E-state index in [1.54, 1.807) is 6.07 Å². The Morgan fingerprint density at radius 3 is 2.83 bits per heavy atom. The number of hydrogen-bond donors (Lipinski definition) is 2. The molecule has 1 rings (SSSR count). The van der Waals surface area contributed by atoms with E-state index >= 15 is 0 Å². The fourth-order valence-electron chi connectivity index (χ4n) is 0.742. The third kappa shape index (κ3) is 1.62. The predicted molar refractivity (Wildman–Crippen MR) is 42.2 cm³/mol. The lowest BCUT2D eigenvalue weighted by atomic mass is 10.1. The fraction of sp³-hybridized carbons (Fsp3) is 0.429. The van der Waals surface area contributed by atoms with Crippen LogP contribution in [0, 0.1) is 0 Å². The second-order valence-corrected chi connectivity index (χ2v) is 2.74. The monoisotopic (exact) mass is 169 g/mol. The third-order valence-electron chi connectivity index (χ3n) is 1.46. The van der Waals surface area contributed by atoms with Gasteiger partial charge in [-0.1, -0.05) is 19.0 Å². The number of carbonyl (C=O) groups is 1. The Bertz CT molecular complexity index is 280. The van der Waals surface area contributed by atoms with Crippen molar-refractivity contribution in [3.63, 3.8) is 0 Å². The van der Waals surface area contributed by atoms with Crippen LogP contribution in [0.2, 0.25) is 0 Å². The van der Waals surface area contributed by atoms with Crippen molar-refractivity contribution in [3.05, 3.63) is 17.5 Å². The molecule has 1 heterocycles. The molecule has 1 amide bonds. The van der Waals surface area contributed by atoms with Crippen LogP contribution < -0.4 is 11.3 Å². The number of nitrogen functional groups attached to an aromatic ring is 1. The number of aromatic nitrogens is 1. The van der Waals surface area contributed by atoms with E-state index in [9.17, 15) is 4.79 Å². The molecule has 0 saturated carbocycles. The van der Waals surface area contributed by atoms with Crippen molar-refractivity contribution >= 4 is 5.91 Å². The molecular weight excluding hydrogens is 158 g/mol. The standard InChI is InChI=1S/C7H11N3O2/c1-4(2)6-3-5(10-12-6)7(11)9-8/h3-4H,8H2,1-2H3,(H,9,11). The van der Waals surface area contributed by atoms with Crippen LogP contribution >= 0.6 is 0 Å². The summed E-state index contributed by atoms with van der Waals surface area (Å²) >= 11 is 0. The first kappa shape index (κ1) is 8.73. The van der Waals surface area contributed by atoms with Gasteiger partial charge in [-0.3, -0.25) is 10.2 Å². The summed E-state index contributed by atoms with van der Waals surface area (Å²) in [6.07, 6.45) is 0. The molecular formula is C7H11N3O2. The van der Waals surface area contributed by atoms with Crippen LogP contribution in [0.1, 0.15) is 36.0 Å². The van der Waals surface area contributed by atoms with Crippen molar-refractivity contribution < 1.29 is 9.32 Å². The molecule has 0 radical (unpaired) electrons. The normalized spacial score (nSPS) is 10.3. The molecule has 0 saturated heterocycles. The number of nitrogens with two attached hydrogens (primary N) is 1. The zero-order valence-corrected chi connectivity index (χ0v) is 7.00. The molecule has 3 N–H and O–H groups in total. The van der Waals surface area contributed by atoms with Crippen LogP contribution in [0.3, 0.4) is 0 Å². The summed E-state index contributed by atoms with van der Waals surface area (Å²) in [7, 11) is 0. The molecule has 5 nitrogen and oxygen atoms in total. The third-order valence-corrected chi connectivity index (χ3v) is 1.46. The van der Waals surface area contributed by atoms with Crippen LogP contribution in [-0.4, -0.2) is 11.1 Å². The van der Waals surface area contributed by atoms with Gasteiger partial charge in [-0.2, -0.15) is 0 Å². The van der Waals surface area contributed by atoms with Gasteiger partial charge in [-0.25, -0.2) is 5.84 Å². The number of amides is 1. The van der Waals surface area contributed by atoms with Crippen molar-refractivity contribution in [1.29, 1.82) is 0 Å². The van der Waals surface area contributed by atoms with Gasteiger partial charge in [-0.05, 0) is 0 Å². The zero-order valence-electron chi connectivity index (χ0n) is 7.00. The van der Waals surface area contributed by atoms with E-state index in [1.807, 2.05) is 19.3 Å². The summed E-state index contributed by atoms with van der Waals surface area (Å²) in [5.74, 6) is 5.36. The molecule has 0 aliphatic rings. The molecule has 12 heavy (non-hydrogen) atoms. The van der Waals surface area contributed by atoms with Gasteiger partial charge in [0.2, 0.25) is 0 Å². The summed E-state index contributed by atoms with van der Waals surface area (Å²) in [5.41, 5.74) is 2.18. The van der Waals surface area contributed by atoms with Gasteiger partial charge in [0.1, 0.15) is 5.76 Å². The van der Waals surface area contributed by atoms with Gasteiger partial charge in [0, 0.05) is 12.0 Å². The van der Waals surface area contributed by atoms with Crippen LogP contribution in [0.25, 0.3) is 0 Å². The van der Waals surface area contributed by atoms with Crippen molar-refractivity contribution in [1.82, 2.24) is 10.6 Å². The lowest BCUT2D eigenvalue weighted by Crippen LogP contribution is -2.30. The van der Waals surface area contributed by atoms with E-state index < -0.39 is 5.91 Å². The van der Waals surface area contributed by atoms with Gasteiger partial charge in [0.25, 0.3) is 5.91 Å². The van der Waals surface area contributed by atoms with Crippen LogP contribution in [0.4, 0.5) is 0 Å². The highest BCUT2D eigenvalue weighted by molar-refractivity contribution is 5.91. The summed E-state index contributed by atoms with van der Waals surface area (Å²) in [6, 6.07) is 1.58. The van der Waals surface area contributed by atoms with Gasteiger partial charge in [0.15, 0.2) is 5.69 Å². The lowest BCUT2D eigenvalue weighted by Gasteiger charge is -1.93. The second-order valence-electron chi connectivity index (χ2n) is 2.74. The van der Waals surface area contributed by atoms with Crippen molar-refractivity contribution in [2.45, 2.75) is 19.8 Å². The number of nitrogens with zero attached hydrogens (tertiary/aromatic N) is 1. The molecule has 0 atom stereocenters. The summed E-state index contributed by atoms with van der Waals surface area (Å²) in [4.78, 5) is 10.9. The predicted octanol–water partition coefficient (Wildman–Crippen LogP) is 0.402. The molecule has 1 aromatic rings. The maximum absolute atomic E-state index is 10.9. The first-order valence-corrected chi connectivity index (χ1v) is 3.62. The SMILES string of the molecule is CC(C)c1cc(C(=O)NN)no1. The van der Waals surface area contributed by atoms with E-state index in [-0.39, 0.29) is 11.6 Å². The topological polar surface area (TPSA) is 81.2 Å². The van der Waals surface area contributed by atoms with E-state index in [1.165, 1.54) is 0 Å². The average Bonchev–Trinajstić information content (AvgIpc) is 2.51. The van der Waals surface area contributed by atoms with Gasteiger partial charge in [0.05, 0.1) is 0 Å². The quantitative estimate of drug-likeness (QED) is 0.381. The van der Waals surface area contributed by atoms with E-state index in [4.69, 9.17) is 10.4 Å². The number of rotatable bonds is 2. The first-order valence-electron chi connectivity index (χ1n) is 3.62. The van der Waals surface area contributed by atoms with Gasteiger partial charge in [-0.15, -0.1) is 0 Å². The Morgan fingerprint density at radius 1 is 1.75 bits per heavy atom. The maximum Gasteiger partial charge on any atom is 0.287 e. The minimum atomic E-state index is -0.439. The average molecular weight is 169 g/mol. The van der Waals surface area contributed by atoms with E-state index in [2.05, 4.69) is 5.16 Å². The summed E-state index contributed by atoms with van der Waals surface area (Å²) in [5, 5.41) is 3.54. The minimum Gasteiger partial charge on any atom is -0.360 e. The lowest BCUT2D eigenvalue weighted by molar-refractivity contribution is 0.0944. The highest BCUT2D eigenvalue weighted by Crippen LogP contribution is 2.14. The van der Waals surface area contributed by atoms with Gasteiger partial charge < -0.3 is 4.52 Å². The number of carbonyl (C=O) groups excluding carboxylic acids is 1. The molecule has 0 fully saturated rings. The number of nitrogens with one attached hydrogen (secondary N) is 1. The number of hydrazine groups is 1. The Morgan fingerprint density at radius 2 is 2.42 bits per heavy atom. The molecule has 0 aliphatic heterocycles. The molecule has 0 aliphatic carbocycles. The minimum absolute atomic E-state index is 0.209. The Labute approximate surface area is 69.9 Å². The smallest absolute Gasteiger partial charge is 0.287 e. The van der Waals surface area contributed by atoms with Crippen molar-refractivity contribution in [3.8, 4) is 0 Å². The molecule has 0 bridgehead atoms. The van der Waals surface area contributed by atoms with Crippen LogP contribution in [-0.2, 0) is 0 Å². The maximum atomic E-state index is 10.9. The Kier molecular flexibility index (Phi) is 2.44. The van der Waals surface area contributed by atoms with Crippen LogP contribution in [0.5, 0.6) is 0 Å². The van der Waals surface area contributed by atoms with E-state index in [0.717, 1.165) is 0 Å². The molecule has 1 aromatic heterocycles. The Hall–Kier alpha value is -1.36. The largest absolute Gasteiger partial charge is 0.360 e. The van der Waals surface area contributed by atoms with Crippen LogP contribution in [0.15, 0.2) is 10.6 Å². The summed E-state index contributed by atoms with van der Waals surface area (Å²) < 4.78 is 4.88. The second kappa shape index (κ2) is 3.36. The molecule has 0 unspecified atom stereocenters. The number of hydrogen-bond acceptors (Lipinski definition) is 4. The highest BCUT2D eigenvalue weighted by atomic mass is 16.5. The summed E-state index contributed by atoms with van der Waals surface area (Å²) in [6.45, 7) is 3.90. The molecule has 0 spiro atoms. The highest BCUT2D eigenvalue weighted by Gasteiger charge is 2.12. The molecule has 66 valence electrons. The fourth-order valence-corrected chi connectivity index (χ4v) is 0.742. The van der Waals surface area contributed by atoms with E-state index in [0.29, 0.717) is 5.76 Å². The van der Waals surface area contributed by atoms with Crippen molar-refractivity contribution in [2.75, 3.05) is 0 Å². The molecule has 0 aromatic carbocycles.